The van der Waals surface area contributed by atoms with Crippen LogP contribution >= 0.6 is 0 Å². The van der Waals surface area contributed by atoms with Crippen LogP contribution in [-0.4, -0.2) is 72.3 Å². The van der Waals surface area contributed by atoms with Crippen molar-refractivity contribution < 1.29 is 9.59 Å². The molecule has 2 amide bonds. The number of piperidine rings is 1. The Balaban J connectivity index is 1.70. The zero-order valence-corrected chi connectivity index (χ0v) is 13.7. The van der Waals surface area contributed by atoms with E-state index in [-0.39, 0.29) is 17.7 Å². The van der Waals surface area contributed by atoms with Crippen molar-refractivity contribution >= 4 is 11.8 Å². The first kappa shape index (κ1) is 16.3. The van der Waals surface area contributed by atoms with Crippen LogP contribution in [0.4, 0.5) is 0 Å². The third-order valence-corrected chi connectivity index (χ3v) is 4.75. The molecule has 0 saturated carbocycles. The third-order valence-electron chi connectivity index (χ3n) is 4.75. The molecule has 2 heterocycles. The van der Waals surface area contributed by atoms with Gasteiger partial charge in [-0.15, -0.1) is 0 Å². The lowest BCUT2D eigenvalue weighted by Crippen LogP contribution is -2.51. The summed E-state index contributed by atoms with van der Waals surface area (Å²) < 4.78 is 0. The lowest BCUT2D eigenvalue weighted by Gasteiger charge is -2.39. The first-order valence-corrected chi connectivity index (χ1v) is 8.24. The van der Waals surface area contributed by atoms with E-state index < -0.39 is 0 Å². The van der Waals surface area contributed by atoms with Crippen LogP contribution in [0.2, 0.25) is 0 Å². The topological polar surface area (TPSA) is 43.9 Å². The molecule has 2 saturated heterocycles. The van der Waals surface area contributed by atoms with Gasteiger partial charge in [0, 0.05) is 58.7 Å². The van der Waals surface area contributed by atoms with Crippen molar-refractivity contribution in [1.82, 2.24) is 14.7 Å². The Hall–Kier alpha value is -1.10. The van der Waals surface area contributed by atoms with Crippen LogP contribution in [0.25, 0.3) is 0 Å². The highest BCUT2D eigenvalue weighted by molar-refractivity contribution is 5.78. The van der Waals surface area contributed by atoms with E-state index in [9.17, 15) is 9.59 Å². The van der Waals surface area contributed by atoms with Crippen LogP contribution < -0.4 is 0 Å². The Morgan fingerprint density at radius 2 is 1.52 bits per heavy atom. The van der Waals surface area contributed by atoms with Gasteiger partial charge in [0.25, 0.3) is 0 Å². The van der Waals surface area contributed by atoms with E-state index in [1.54, 1.807) is 6.92 Å². The summed E-state index contributed by atoms with van der Waals surface area (Å²) in [5.74, 6) is 1.29. The van der Waals surface area contributed by atoms with Gasteiger partial charge in [-0.2, -0.15) is 0 Å². The number of rotatable bonds is 3. The second-order valence-electron chi connectivity index (χ2n) is 6.73. The lowest BCUT2D eigenvalue weighted by molar-refractivity contribution is -0.136. The molecule has 2 aliphatic rings. The fraction of sp³-hybridized carbons (Fsp3) is 0.875. The Morgan fingerprint density at radius 3 is 2.00 bits per heavy atom. The van der Waals surface area contributed by atoms with Crippen molar-refractivity contribution in [3.63, 3.8) is 0 Å². The van der Waals surface area contributed by atoms with Gasteiger partial charge in [-0.3, -0.25) is 14.5 Å². The average molecular weight is 295 g/mol. The Bertz CT molecular complexity index is 368. The SMILES string of the molecule is CC(=O)N1CCC(CN2CCN(C(=O)C(C)C)CC2)CC1. The summed E-state index contributed by atoms with van der Waals surface area (Å²) in [4.78, 5) is 29.7. The molecule has 0 atom stereocenters. The van der Waals surface area contributed by atoms with Gasteiger partial charge in [0.2, 0.25) is 11.8 Å². The van der Waals surface area contributed by atoms with E-state index in [1.807, 2.05) is 23.6 Å². The number of amides is 2. The maximum Gasteiger partial charge on any atom is 0.225 e. The third kappa shape index (κ3) is 4.43. The minimum Gasteiger partial charge on any atom is -0.343 e. The lowest BCUT2D eigenvalue weighted by atomic mass is 9.96. The van der Waals surface area contributed by atoms with Crippen LogP contribution in [-0.2, 0) is 9.59 Å². The molecule has 0 aromatic rings. The summed E-state index contributed by atoms with van der Waals surface area (Å²) in [5.41, 5.74) is 0. The van der Waals surface area contributed by atoms with Crippen LogP contribution in [0.5, 0.6) is 0 Å². The standard InChI is InChI=1S/C16H29N3O2/c1-13(2)16(21)19-10-8-17(9-11-19)12-15-4-6-18(7-5-15)14(3)20/h13,15H,4-12H2,1-3H3. The number of hydrogen-bond acceptors (Lipinski definition) is 3. The predicted octanol–water partition coefficient (Wildman–Crippen LogP) is 1.05. The smallest absolute Gasteiger partial charge is 0.225 e. The molecular weight excluding hydrogens is 266 g/mol. The molecule has 0 aliphatic carbocycles. The molecule has 120 valence electrons. The second-order valence-corrected chi connectivity index (χ2v) is 6.73. The quantitative estimate of drug-likeness (QED) is 0.781. The monoisotopic (exact) mass is 295 g/mol. The van der Waals surface area contributed by atoms with Crippen LogP contribution in [0, 0.1) is 11.8 Å². The number of hydrogen-bond donors (Lipinski definition) is 0. The van der Waals surface area contributed by atoms with Crippen molar-refractivity contribution in [3.05, 3.63) is 0 Å². The molecule has 21 heavy (non-hydrogen) atoms. The molecule has 0 aromatic heterocycles. The molecule has 0 aromatic carbocycles. The molecular formula is C16H29N3O2. The largest absolute Gasteiger partial charge is 0.343 e. The minimum absolute atomic E-state index is 0.104. The predicted molar refractivity (Wildman–Crippen MR) is 82.8 cm³/mol. The van der Waals surface area contributed by atoms with E-state index in [2.05, 4.69) is 4.90 Å². The van der Waals surface area contributed by atoms with E-state index >= 15 is 0 Å². The highest BCUT2D eigenvalue weighted by Crippen LogP contribution is 2.19. The van der Waals surface area contributed by atoms with E-state index in [0.29, 0.717) is 5.92 Å². The normalized spacial score (nSPS) is 21.9. The Labute approximate surface area is 128 Å². The van der Waals surface area contributed by atoms with Crippen molar-refractivity contribution in [1.29, 1.82) is 0 Å². The van der Waals surface area contributed by atoms with Gasteiger partial charge in [0.05, 0.1) is 0 Å². The van der Waals surface area contributed by atoms with Gasteiger partial charge in [-0.25, -0.2) is 0 Å². The van der Waals surface area contributed by atoms with Crippen LogP contribution in [0.1, 0.15) is 33.6 Å². The summed E-state index contributed by atoms with van der Waals surface area (Å²) in [6.07, 6.45) is 2.23. The number of nitrogens with zero attached hydrogens (tertiary/aromatic N) is 3. The van der Waals surface area contributed by atoms with Crippen LogP contribution in [0.15, 0.2) is 0 Å². The summed E-state index contributed by atoms with van der Waals surface area (Å²) >= 11 is 0. The molecule has 5 heteroatoms. The Morgan fingerprint density at radius 1 is 0.952 bits per heavy atom. The summed E-state index contributed by atoms with van der Waals surface area (Å²) in [6.45, 7) is 12.2. The van der Waals surface area contributed by atoms with Gasteiger partial charge < -0.3 is 9.80 Å². The molecule has 0 unspecified atom stereocenters. The fourth-order valence-corrected chi connectivity index (χ4v) is 3.31. The average Bonchev–Trinajstić information content (AvgIpc) is 2.47. The van der Waals surface area contributed by atoms with E-state index in [0.717, 1.165) is 58.7 Å². The van der Waals surface area contributed by atoms with Crippen molar-refractivity contribution in [2.24, 2.45) is 11.8 Å². The minimum atomic E-state index is 0.104. The van der Waals surface area contributed by atoms with Gasteiger partial charge in [0.15, 0.2) is 0 Å². The Kier molecular flexibility index (Phi) is 5.62. The summed E-state index contributed by atoms with van der Waals surface area (Å²) in [7, 11) is 0. The zero-order valence-electron chi connectivity index (χ0n) is 13.7. The second kappa shape index (κ2) is 7.25. The maximum absolute atomic E-state index is 12.0. The number of piperazine rings is 1. The molecule has 2 rings (SSSR count). The molecule has 0 bridgehead atoms. The zero-order chi connectivity index (χ0) is 15.4. The highest BCUT2D eigenvalue weighted by Gasteiger charge is 2.26. The highest BCUT2D eigenvalue weighted by atomic mass is 16.2. The van der Waals surface area contributed by atoms with Crippen molar-refractivity contribution in [2.45, 2.75) is 33.6 Å². The van der Waals surface area contributed by atoms with Crippen molar-refractivity contribution in [3.8, 4) is 0 Å². The summed E-state index contributed by atoms with van der Waals surface area (Å²) in [5, 5.41) is 0. The summed E-state index contributed by atoms with van der Waals surface area (Å²) in [6, 6.07) is 0. The van der Waals surface area contributed by atoms with E-state index in [1.165, 1.54) is 0 Å². The van der Waals surface area contributed by atoms with E-state index in [4.69, 9.17) is 0 Å². The number of carbonyl (C=O) groups excluding carboxylic acids is 2. The van der Waals surface area contributed by atoms with Gasteiger partial charge in [-0.1, -0.05) is 13.8 Å². The number of carbonyl (C=O) groups is 2. The van der Waals surface area contributed by atoms with Gasteiger partial charge in [0.1, 0.15) is 0 Å². The van der Waals surface area contributed by atoms with Gasteiger partial charge in [-0.05, 0) is 18.8 Å². The number of likely N-dealkylation sites (tertiary alicyclic amines) is 1. The molecule has 0 spiro atoms. The molecule has 5 nitrogen and oxygen atoms in total. The first-order valence-electron chi connectivity index (χ1n) is 8.24. The molecule has 0 radical (unpaired) electrons. The van der Waals surface area contributed by atoms with Crippen LogP contribution in [0.3, 0.4) is 0 Å². The van der Waals surface area contributed by atoms with Gasteiger partial charge >= 0.3 is 0 Å². The first-order chi connectivity index (χ1) is 9.97. The fourth-order valence-electron chi connectivity index (χ4n) is 3.31. The molecule has 0 N–H and O–H groups in total. The van der Waals surface area contributed by atoms with Crippen molar-refractivity contribution in [2.75, 3.05) is 45.8 Å². The molecule has 2 fully saturated rings. The maximum atomic E-state index is 12.0. The molecule has 2 aliphatic heterocycles.